The Morgan fingerprint density at radius 1 is 1.14 bits per heavy atom. The number of carbonyl (C=O) groups is 1. The van der Waals surface area contributed by atoms with Crippen LogP contribution < -0.4 is 14.8 Å². The van der Waals surface area contributed by atoms with E-state index in [1.807, 2.05) is 42.5 Å². The smallest absolute Gasteiger partial charge is 0.217 e. The van der Waals surface area contributed by atoms with E-state index in [0.29, 0.717) is 24.0 Å². The van der Waals surface area contributed by atoms with Crippen LogP contribution in [0.3, 0.4) is 0 Å². The maximum atomic E-state index is 11.6. The summed E-state index contributed by atoms with van der Waals surface area (Å²) in [6.45, 7) is 2.56. The highest BCUT2D eigenvalue weighted by Gasteiger charge is 2.21. The van der Waals surface area contributed by atoms with Crippen molar-refractivity contribution in [2.45, 2.75) is 13.0 Å². The van der Waals surface area contributed by atoms with Crippen molar-refractivity contribution in [2.24, 2.45) is 0 Å². The van der Waals surface area contributed by atoms with Crippen LogP contribution in [0.5, 0.6) is 11.5 Å². The number of fused-ring (bicyclic) bond motifs is 1. The summed E-state index contributed by atoms with van der Waals surface area (Å²) in [5.41, 5.74) is 1.74. The van der Waals surface area contributed by atoms with Gasteiger partial charge in [0.15, 0.2) is 11.5 Å². The van der Waals surface area contributed by atoms with Gasteiger partial charge in [0.2, 0.25) is 5.91 Å². The van der Waals surface area contributed by atoms with Gasteiger partial charge in [-0.3, -0.25) is 4.79 Å². The van der Waals surface area contributed by atoms with Gasteiger partial charge < -0.3 is 14.8 Å². The molecule has 0 spiro atoms. The molecule has 1 aliphatic heterocycles. The molecule has 1 aliphatic rings. The minimum atomic E-state index is -0.331. The molecule has 22 heavy (non-hydrogen) atoms. The lowest BCUT2D eigenvalue weighted by Crippen LogP contribution is -2.27. The zero-order valence-corrected chi connectivity index (χ0v) is 12.9. The van der Waals surface area contributed by atoms with Crippen molar-refractivity contribution in [2.75, 3.05) is 13.2 Å². The first-order chi connectivity index (χ1) is 10.6. The Bertz CT molecular complexity index is 702. The van der Waals surface area contributed by atoms with E-state index < -0.39 is 0 Å². The van der Waals surface area contributed by atoms with Crippen molar-refractivity contribution in [3.63, 3.8) is 0 Å². The second kappa shape index (κ2) is 6.28. The molecular formula is C17H16ClNO3. The predicted octanol–water partition coefficient (Wildman–Crippen LogP) is 3.34. The molecule has 1 heterocycles. The molecule has 2 aromatic carbocycles. The molecule has 0 saturated carbocycles. The lowest BCUT2D eigenvalue weighted by Gasteiger charge is -2.23. The number of rotatable bonds is 3. The van der Waals surface area contributed by atoms with Gasteiger partial charge in [-0.1, -0.05) is 35.9 Å². The fraction of sp³-hybridized carbons (Fsp3) is 0.235. The largest absolute Gasteiger partial charge is 0.486 e. The van der Waals surface area contributed by atoms with Gasteiger partial charge in [-0.2, -0.15) is 0 Å². The Morgan fingerprint density at radius 2 is 1.86 bits per heavy atom. The summed E-state index contributed by atoms with van der Waals surface area (Å²) in [5, 5.41) is 3.55. The molecule has 0 aromatic heterocycles. The van der Waals surface area contributed by atoms with Gasteiger partial charge >= 0.3 is 0 Å². The van der Waals surface area contributed by atoms with Crippen LogP contribution >= 0.6 is 11.6 Å². The number of benzene rings is 2. The SMILES string of the molecule is CC(=O)N[C@@H](c1ccc2c(c1)OCCO2)c1ccccc1Cl. The van der Waals surface area contributed by atoms with E-state index in [0.717, 1.165) is 16.9 Å². The molecule has 0 unspecified atom stereocenters. The minimum Gasteiger partial charge on any atom is -0.486 e. The average Bonchev–Trinajstić information content (AvgIpc) is 2.53. The molecular weight excluding hydrogens is 302 g/mol. The van der Waals surface area contributed by atoms with Gasteiger partial charge in [0.05, 0.1) is 6.04 Å². The van der Waals surface area contributed by atoms with Crippen LogP contribution in [0.2, 0.25) is 5.02 Å². The first-order valence-electron chi connectivity index (χ1n) is 7.06. The van der Waals surface area contributed by atoms with Crippen LogP contribution in [0, 0.1) is 0 Å². The van der Waals surface area contributed by atoms with Gasteiger partial charge in [0.25, 0.3) is 0 Å². The summed E-state index contributed by atoms with van der Waals surface area (Å²) in [6.07, 6.45) is 0. The molecule has 0 aliphatic carbocycles. The van der Waals surface area contributed by atoms with Gasteiger partial charge in [-0.25, -0.2) is 0 Å². The van der Waals surface area contributed by atoms with Crippen LogP contribution in [0.25, 0.3) is 0 Å². The first-order valence-corrected chi connectivity index (χ1v) is 7.44. The van der Waals surface area contributed by atoms with Crippen molar-refractivity contribution in [1.29, 1.82) is 0 Å². The molecule has 1 amide bonds. The number of hydrogen-bond acceptors (Lipinski definition) is 3. The third-order valence-corrected chi connectivity index (χ3v) is 3.81. The summed E-state index contributed by atoms with van der Waals surface area (Å²) in [6, 6.07) is 12.8. The van der Waals surface area contributed by atoms with Gasteiger partial charge in [-0.15, -0.1) is 0 Å². The van der Waals surface area contributed by atoms with Crippen molar-refractivity contribution in [3.8, 4) is 11.5 Å². The summed E-state index contributed by atoms with van der Waals surface area (Å²) in [5.74, 6) is 1.28. The van der Waals surface area contributed by atoms with E-state index in [2.05, 4.69) is 5.32 Å². The number of hydrogen-bond donors (Lipinski definition) is 1. The van der Waals surface area contributed by atoms with Crippen LogP contribution in [-0.2, 0) is 4.79 Å². The standard InChI is InChI=1S/C17H16ClNO3/c1-11(20)19-17(13-4-2-3-5-14(13)18)12-6-7-15-16(10-12)22-9-8-21-15/h2-7,10,17H,8-9H2,1H3,(H,19,20)/t17-/m0/s1. The van der Waals surface area contributed by atoms with Crippen molar-refractivity contribution in [1.82, 2.24) is 5.32 Å². The zero-order chi connectivity index (χ0) is 15.5. The number of halogens is 1. The highest BCUT2D eigenvalue weighted by atomic mass is 35.5. The monoisotopic (exact) mass is 317 g/mol. The molecule has 4 nitrogen and oxygen atoms in total. The van der Waals surface area contributed by atoms with E-state index in [9.17, 15) is 4.79 Å². The number of carbonyl (C=O) groups excluding carboxylic acids is 1. The van der Waals surface area contributed by atoms with Gasteiger partial charge in [0, 0.05) is 11.9 Å². The highest BCUT2D eigenvalue weighted by molar-refractivity contribution is 6.31. The van der Waals surface area contributed by atoms with E-state index in [1.54, 1.807) is 0 Å². The van der Waals surface area contributed by atoms with E-state index in [-0.39, 0.29) is 11.9 Å². The van der Waals surface area contributed by atoms with Gasteiger partial charge in [-0.05, 0) is 29.3 Å². The summed E-state index contributed by atoms with van der Waals surface area (Å²) in [7, 11) is 0. The maximum absolute atomic E-state index is 11.6. The Balaban J connectivity index is 2.02. The fourth-order valence-electron chi connectivity index (χ4n) is 2.49. The quantitative estimate of drug-likeness (QED) is 0.944. The lowest BCUT2D eigenvalue weighted by atomic mass is 9.98. The van der Waals surface area contributed by atoms with E-state index >= 15 is 0 Å². The van der Waals surface area contributed by atoms with Crippen LogP contribution in [0.1, 0.15) is 24.1 Å². The van der Waals surface area contributed by atoms with E-state index in [1.165, 1.54) is 6.92 Å². The van der Waals surface area contributed by atoms with Crippen LogP contribution in [0.15, 0.2) is 42.5 Å². The van der Waals surface area contributed by atoms with Crippen LogP contribution in [-0.4, -0.2) is 19.1 Å². The molecule has 0 fully saturated rings. The Kier molecular flexibility index (Phi) is 4.20. The third kappa shape index (κ3) is 3.02. The molecule has 1 atom stereocenters. The van der Waals surface area contributed by atoms with E-state index in [4.69, 9.17) is 21.1 Å². The highest BCUT2D eigenvalue weighted by Crippen LogP contribution is 2.35. The zero-order valence-electron chi connectivity index (χ0n) is 12.1. The molecule has 5 heteroatoms. The molecule has 0 bridgehead atoms. The second-order valence-electron chi connectivity index (χ2n) is 5.06. The molecule has 3 rings (SSSR count). The normalized spacial score (nSPS) is 14.3. The molecule has 0 saturated heterocycles. The summed E-state index contributed by atoms with van der Waals surface area (Å²) in [4.78, 5) is 11.6. The predicted molar refractivity (Wildman–Crippen MR) is 84.5 cm³/mol. The average molecular weight is 318 g/mol. The topological polar surface area (TPSA) is 47.6 Å². The second-order valence-corrected chi connectivity index (χ2v) is 5.47. The Labute approximate surface area is 134 Å². The number of ether oxygens (including phenoxy) is 2. The molecule has 2 aromatic rings. The molecule has 114 valence electrons. The number of nitrogens with one attached hydrogen (secondary N) is 1. The number of amides is 1. The molecule has 1 N–H and O–H groups in total. The summed E-state index contributed by atoms with van der Waals surface area (Å²) >= 11 is 6.29. The Morgan fingerprint density at radius 3 is 2.59 bits per heavy atom. The Hall–Kier alpha value is -2.20. The molecule has 0 radical (unpaired) electrons. The van der Waals surface area contributed by atoms with Crippen molar-refractivity contribution >= 4 is 17.5 Å². The summed E-state index contributed by atoms with van der Waals surface area (Å²) < 4.78 is 11.1. The van der Waals surface area contributed by atoms with Crippen molar-refractivity contribution in [3.05, 3.63) is 58.6 Å². The third-order valence-electron chi connectivity index (χ3n) is 3.46. The van der Waals surface area contributed by atoms with Crippen molar-refractivity contribution < 1.29 is 14.3 Å². The maximum Gasteiger partial charge on any atom is 0.217 e. The first kappa shape index (κ1) is 14.7. The van der Waals surface area contributed by atoms with Crippen LogP contribution in [0.4, 0.5) is 0 Å². The fourth-order valence-corrected chi connectivity index (χ4v) is 2.74. The van der Waals surface area contributed by atoms with Gasteiger partial charge in [0.1, 0.15) is 13.2 Å². The lowest BCUT2D eigenvalue weighted by molar-refractivity contribution is -0.119. The minimum absolute atomic E-state index is 0.125.